The van der Waals surface area contributed by atoms with Crippen molar-refractivity contribution in [3.63, 3.8) is 0 Å². The number of nitrogens with one attached hydrogen (secondary N) is 1. The van der Waals surface area contributed by atoms with Crippen molar-refractivity contribution in [2.75, 3.05) is 49.5 Å². The molecule has 1 aromatic carbocycles. The van der Waals surface area contributed by atoms with E-state index in [-0.39, 0.29) is 6.03 Å². The molecule has 2 saturated heterocycles. The minimum absolute atomic E-state index is 0.0422. The highest BCUT2D eigenvalue weighted by Gasteiger charge is 2.27. The summed E-state index contributed by atoms with van der Waals surface area (Å²) < 4.78 is 0. The van der Waals surface area contributed by atoms with Gasteiger partial charge in [-0.25, -0.2) is 4.79 Å². The van der Waals surface area contributed by atoms with Gasteiger partial charge in [-0.3, -0.25) is 4.90 Å². The minimum Gasteiger partial charge on any atom is -0.372 e. The number of nitrogens with zero attached hydrogens (tertiary/aromatic N) is 3. The molecular weight excluding hydrogens is 336 g/mol. The maximum atomic E-state index is 12.6. The summed E-state index contributed by atoms with van der Waals surface area (Å²) >= 11 is 0. The molecule has 0 unspecified atom stereocenters. The fourth-order valence-corrected chi connectivity index (χ4v) is 4.78. The van der Waals surface area contributed by atoms with Crippen LogP contribution in [0.4, 0.5) is 16.2 Å². The van der Waals surface area contributed by atoms with Gasteiger partial charge in [0, 0.05) is 56.7 Å². The second kappa shape index (κ2) is 8.51. The van der Waals surface area contributed by atoms with Crippen molar-refractivity contribution in [3.05, 3.63) is 24.3 Å². The molecule has 2 amide bonds. The van der Waals surface area contributed by atoms with Crippen LogP contribution >= 0.6 is 0 Å². The van der Waals surface area contributed by atoms with Crippen LogP contribution in [0.15, 0.2) is 24.3 Å². The Morgan fingerprint density at radius 2 is 1.52 bits per heavy atom. The smallest absolute Gasteiger partial charge is 0.321 e. The van der Waals surface area contributed by atoms with Gasteiger partial charge in [-0.05, 0) is 55.9 Å². The van der Waals surface area contributed by atoms with Crippen molar-refractivity contribution in [2.24, 2.45) is 5.92 Å². The Hall–Kier alpha value is -1.75. The fourth-order valence-electron chi connectivity index (χ4n) is 4.78. The lowest BCUT2D eigenvalue weighted by Gasteiger charge is -2.38. The zero-order valence-electron chi connectivity index (χ0n) is 16.7. The first-order chi connectivity index (χ1) is 13.2. The molecule has 4 rings (SSSR count). The second-order valence-corrected chi connectivity index (χ2v) is 8.61. The van der Waals surface area contributed by atoms with Gasteiger partial charge < -0.3 is 15.1 Å². The Bertz CT molecular complexity index is 610. The summed E-state index contributed by atoms with van der Waals surface area (Å²) in [7, 11) is 0. The van der Waals surface area contributed by atoms with E-state index in [1.54, 1.807) is 0 Å². The molecule has 5 heteroatoms. The van der Waals surface area contributed by atoms with Crippen LogP contribution in [0.2, 0.25) is 0 Å². The Kier molecular flexibility index (Phi) is 5.86. The summed E-state index contributed by atoms with van der Waals surface area (Å²) in [5.74, 6) is 0.842. The predicted octanol–water partition coefficient (Wildman–Crippen LogP) is 4.02. The molecule has 3 fully saturated rings. The molecule has 2 aliphatic heterocycles. The fraction of sp³-hybridized carbons (Fsp3) is 0.682. The molecule has 3 aliphatic rings. The normalized spacial score (nSPS) is 23.0. The number of urea groups is 1. The van der Waals surface area contributed by atoms with Crippen molar-refractivity contribution in [1.29, 1.82) is 0 Å². The zero-order chi connectivity index (χ0) is 18.6. The molecule has 1 aromatic rings. The molecule has 1 aliphatic carbocycles. The van der Waals surface area contributed by atoms with Crippen LogP contribution in [0.1, 0.15) is 45.4 Å². The first-order valence-electron chi connectivity index (χ1n) is 10.8. The van der Waals surface area contributed by atoms with Gasteiger partial charge in [0.1, 0.15) is 0 Å². The molecule has 5 nitrogen and oxygen atoms in total. The van der Waals surface area contributed by atoms with Gasteiger partial charge in [0.15, 0.2) is 0 Å². The Labute approximate surface area is 163 Å². The van der Waals surface area contributed by atoms with Crippen molar-refractivity contribution in [3.8, 4) is 0 Å². The number of benzene rings is 1. The summed E-state index contributed by atoms with van der Waals surface area (Å²) in [6, 6.07) is 9.18. The number of piperazine rings is 1. The third kappa shape index (κ3) is 4.57. The summed E-state index contributed by atoms with van der Waals surface area (Å²) in [5.41, 5.74) is 2.16. The third-order valence-electron chi connectivity index (χ3n) is 6.71. The Balaban J connectivity index is 1.26. The van der Waals surface area contributed by atoms with E-state index in [2.05, 4.69) is 34.2 Å². The lowest BCUT2D eigenvalue weighted by molar-refractivity contribution is 0.115. The van der Waals surface area contributed by atoms with Crippen LogP contribution in [0.3, 0.4) is 0 Å². The highest BCUT2D eigenvalue weighted by Crippen LogP contribution is 2.26. The molecule has 0 aromatic heterocycles. The molecular formula is C22H34N4O. The van der Waals surface area contributed by atoms with Crippen LogP contribution in [-0.2, 0) is 0 Å². The van der Waals surface area contributed by atoms with E-state index in [0.717, 1.165) is 56.9 Å². The standard InChI is InChI=1S/C22H34N4O/c1-18-10-12-24(13-11-18)21-8-6-19(7-9-21)23-22(27)26-16-14-25(15-17-26)20-4-2-3-5-20/h6-9,18,20H,2-5,10-17H2,1H3,(H,23,27). The maximum absolute atomic E-state index is 12.6. The van der Waals surface area contributed by atoms with Crippen LogP contribution < -0.4 is 10.2 Å². The molecule has 0 radical (unpaired) electrons. The SMILES string of the molecule is CC1CCN(c2ccc(NC(=O)N3CCN(C4CCCC4)CC3)cc2)CC1. The van der Waals surface area contributed by atoms with E-state index in [1.165, 1.54) is 44.2 Å². The van der Waals surface area contributed by atoms with E-state index in [4.69, 9.17) is 0 Å². The third-order valence-corrected chi connectivity index (χ3v) is 6.71. The number of anilines is 2. The number of rotatable bonds is 3. The number of amides is 2. The minimum atomic E-state index is 0.0422. The summed E-state index contributed by atoms with van der Waals surface area (Å²) in [5, 5.41) is 3.08. The molecule has 148 valence electrons. The predicted molar refractivity (Wildman–Crippen MR) is 111 cm³/mol. The summed E-state index contributed by atoms with van der Waals surface area (Å²) in [6.07, 6.45) is 7.97. The van der Waals surface area contributed by atoms with Gasteiger partial charge in [-0.2, -0.15) is 0 Å². The number of piperidine rings is 1. The topological polar surface area (TPSA) is 38.8 Å². The average Bonchev–Trinajstić information content (AvgIpc) is 3.24. The number of hydrogen-bond donors (Lipinski definition) is 1. The van der Waals surface area contributed by atoms with Gasteiger partial charge in [0.25, 0.3) is 0 Å². The van der Waals surface area contributed by atoms with Crippen molar-refractivity contribution in [1.82, 2.24) is 9.80 Å². The van der Waals surface area contributed by atoms with Crippen LogP contribution in [0.5, 0.6) is 0 Å². The highest BCUT2D eigenvalue weighted by atomic mass is 16.2. The van der Waals surface area contributed by atoms with E-state index < -0.39 is 0 Å². The average molecular weight is 371 g/mol. The van der Waals surface area contributed by atoms with Gasteiger partial charge in [-0.15, -0.1) is 0 Å². The van der Waals surface area contributed by atoms with Gasteiger partial charge in [0.2, 0.25) is 0 Å². The highest BCUT2D eigenvalue weighted by molar-refractivity contribution is 5.89. The van der Waals surface area contributed by atoms with Gasteiger partial charge in [-0.1, -0.05) is 19.8 Å². The molecule has 1 saturated carbocycles. The lowest BCUT2D eigenvalue weighted by atomic mass is 9.99. The number of hydrogen-bond acceptors (Lipinski definition) is 3. The van der Waals surface area contributed by atoms with Gasteiger partial charge in [0.05, 0.1) is 0 Å². The molecule has 0 bridgehead atoms. The first-order valence-corrected chi connectivity index (χ1v) is 10.8. The van der Waals surface area contributed by atoms with Crippen LogP contribution in [0.25, 0.3) is 0 Å². The zero-order valence-corrected chi connectivity index (χ0v) is 16.7. The van der Waals surface area contributed by atoms with Crippen LogP contribution in [-0.4, -0.2) is 61.1 Å². The van der Waals surface area contributed by atoms with Crippen molar-refractivity contribution >= 4 is 17.4 Å². The second-order valence-electron chi connectivity index (χ2n) is 8.61. The van der Waals surface area contributed by atoms with E-state index in [0.29, 0.717) is 0 Å². The van der Waals surface area contributed by atoms with E-state index in [1.807, 2.05) is 17.0 Å². The molecule has 0 atom stereocenters. The van der Waals surface area contributed by atoms with Crippen molar-refractivity contribution < 1.29 is 4.79 Å². The quantitative estimate of drug-likeness (QED) is 0.874. The lowest BCUT2D eigenvalue weighted by Crippen LogP contribution is -2.52. The van der Waals surface area contributed by atoms with Crippen LogP contribution in [0, 0.1) is 5.92 Å². The molecule has 0 spiro atoms. The molecule has 1 N–H and O–H groups in total. The van der Waals surface area contributed by atoms with Gasteiger partial charge >= 0.3 is 6.03 Å². The first kappa shape index (κ1) is 18.6. The number of carbonyl (C=O) groups is 1. The summed E-state index contributed by atoms with van der Waals surface area (Å²) in [4.78, 5) is 19.6. The molecule has 27 heavy (non-hydrogen) atoms. The van der Waals surface area contributed by atoms with Crippen molar-refractivity contribution in [2.45, 2.75) is 51.5 Å². The van der Waals surface area contributed by atoms with E-state index >= 15 is 0 Å². The Morgan fingerprint density at radius 1 is 0.889 bits per heavy atom. The number of carbonyl (C=O) groups excluding carboxylic acids is 1. The monoisotopic (exact) mass is 370 g/mol. The maximum Gasteiger partial charge on any atom is 0.321 e. The largest absolute Gasteiger partial charge is 0.372 e. The molecule has 2 heterocycles. The Morgan fingerprint density at radius 3 is 2.15 bits per heavy atom. The summed E-state index contributed by atoms with van der Waals surface area (Å²) in [6.45, 7) is 8.33. The van der Waals surface area contributed by atoms with E-state index in [9.17, 15) is 4.79 Å².